The number of hydrogen-bond acceptors (Lipinski definition) is 12. The molecule has 1 unspecified atom stereocenters. The number of ether oxygens (including phenoxy) is 11. The standard InChI is InChI=1S/C53H60O12/c1-53(2,3)52(54)61-35-42-44(45(56-30-36-20-10-5-11-21-36)47(50(55-4)62-42)58-32-38-24-14-7-15-25-38)65-51-48(59-33-39-26-16-8-17-27-39)46(57-31-37-22-12-6-13-23-37)43-41(63-51)34-60-49(64-43)40-28-18-9-19-29-40/h5-29,41-51H,30-35H2,1-4H3/t41-,42-,43-,44-,45+,46+,47+,48+,49?,50-,51+/m1/s1. The van der Waals surface area contributed by atoms with Crippen molar-refractivity contribution in [3.8, 4) is 0 Å². The molecule has 0 N–H and O–H groups in total. The Kier molecular flexibility index (Phi) is 16.2. The SMILES string of the molecule is CO[C@@H]1O[C@H](COC(=O)C(C)(C)C)[C@@H](O[C@@H]2O[C@@H]3COC(c4ccccc4)O[C@H]3[C@H](OCc3ccccc3)[C@@H]2OCc2ccccc2)[C@H](OCc2ccccc2)[C@@H]1OCc1ccccc1. The van der Waals surface area contributed by atoms with Gasteiger partial charge in [-0.3, -0.25) is 4.79 Å². The molecule has 3 aliphatic rings. The minimum absolute atomic E-state index is 0.176. The predicted molar refractivity (Wildman–Crippen MR) is 240 cm³/mol. The van der Waals surface area contributed by atoms with Crippen molar-refractivity contribution in [2.24, 2.45) is 5.41 Å². The molecule has 0 radical (unpaired) electrons. The molecular weight excluding hydrogens is 829 g/mol. The van der Waals surface area contributed by atoms with Crippen molar-refractivity contribution in [1.82, 2.24) is 0 Å². The van der Waals surface area contributed by atoms with Crippen molar-refractivity contribution < 1.29 is 56.9 Å². The van der Waals surface area contributed by atoms with E-state index in [1.54, 1.807) is 27.9 Å². The molecule has 12 heteroatoms. The van der Waals surface area contributed by atoms with Crippen LogP contribution >= 0.6 is 0 Å². The highest BCUT2D eigenvalue weighted by molar-refractivity contribution is 5.75. The minimum atomic E-state index is -1.10. The summed E-state index contributed by atoms with van der Waals surface area (Å²) in [5.74, 6) is -0.405. The molecule has 5 aromatic rings. The zero-order chi connectivity index (χ0) is 45.0. The lowest BCUT2D eigenvalue weighted by molar-refractivity contribution is -0.396. The van der Waals surface area contributed by atoms with Crippen LogP contribution in [0, 0.1) is 5.41 Å². The fourth-order valence-electron chi connectivity index (χ4n) is 8.13. The van der Waals surface area contributed by atoms with Crippen molar-refractivity contribution in [3.63, 3.8) is 0 Å². The monoisotopic (exact) mass is 888 g/mol. The van der Waals surface area contributed by atoms with Gasteiger partial charge < -0.3 is 52.1 Å². The van der Waals surface area contributed by atoms with Gasteiger partial charge in [-0.25, -0.2) is 0 Å². The van der Waals surface area contributed by atoms with Crippen LogP contribution in [0.1, 0.15) is 54.9 Å². The number of rotatable bonds is 18. The normalized spacial score (nSPS) is 28.0. The number of fused-ring (bicyclic) bond motifs is 1. The highest BCUT2D eigenvalue weighted by atomic mass is 16.8. The lowest BCUT2D eigenvalue weighted by Crippen LogP contribution is -2.67. The van der Waals surface area contributed by atoms with Gasteiger partial charge in [-0.05, 0) is 43.0 Å². The largest absolute Gasteiger partial charge is 0.462 e. The first-order valence-electron chi connectivity index (χ1n) is 22.3. The van der Waals surface area contributed by atoms with E-state index in [1.807, 2.05) is 152 Å². The van der Waals surface area contributed by atoms with Crippen LogP contribution in [-0.2, 0) is 83.3 Å². The molecule has 5 aromatic carbocycles. The van der Waals surface area contributed by atoms with E-state index in [2.05, 4.69) is 0 Å². The summed E-state index contributed by atoms with van der Waals surface area (Å²) in [6.07, 6.45) is -9.12. The molecule has 3 aliphatic heterocycles. The van der Waals surface area contributed by atoms with Gasteiger partial charge in [0.1, 0.15) is 55.4 Å². The van der Waals surface area contributed by atoms with E-state index >= 15 is 0 Å². The molecular formula is C53H60O12. The van der Waals surface area contributed by atoms with E-state index in [1.165, 1.54) is 0 Å². The van der Waals surface area contributed by atoms with Crippen LogP contribution in [-0.4, -0.2) is 87.7 Å². The Hall–Kier alpha value is -4.83. The Morgan fingerprint density at radius 2 is 0.985 bits per heavy atom. The summed E-state index contributed by atoms with van der Waals surface area (Å²) in [4.78, 5) is 13.4. The molecule has 11 atom stereocenters. The summed E-state index contributed by atoms with van der Waals surface area (Å²) in [5, 5.41) is 0. The van der Waals surface area contributed by atoms with E-state index in [0.29, 0.717) is 0 Å². The number of carbonyl (C=O) groups is 1. The van der Waals surface area contributed by atoms with Crippen LogP contribution in [0.15, 0.2) is 152 Å². The molecule has 3 saturated heterocycles. The average Bonchev–Trinajstić information content (AvgIpc) is 3.34. The van der Waals surface area contributed by atoms with Gasteiger partial charge in [0.15, 0.2) is 18.9 Å². The van der Waals surface area contributed by atoms with Crippen LogP contribution in [0.2, 0.25) is 0 Å². The number of esters is 1. The maximum atomic E-state index is 13.4. The summed E-state index contributed by atoms with van der Waals surface area (Å²) in [5.41, 5.74) is 3.89. The van der Waals surface area contributed by atoms with E-state index in [-0.39, 0.29) is 39.6 Å². The molecule has 12 nitrogen and oxygen atoms in total. The highest BCUT2D eigenvalue weighted by Crippen LogP contribution is 2.40. The van der Waals surface area contributed by atoms with Crippen LogP contribution in [0.5, 0.6) is 0 Å². The number of methoxy groups -OCH3 is 1. The second-order valence-electron chi connectivity index (χ2n) is 17.5. The first-order chi connectivity index (χ1) is 31.7. The quantitative estimate of drug-likeness (QED) is 0.0786. The van der Waals surface area contributed by atoms with Crippen LogP contribution in [0.4, 0.5) is 0 Å². The van der Waals surface area contributed by atoms with E-state index < -0.39 is 79.1 Å². The molecule has 3 fully saturated rings. The van der Waals surface area contributed by atoms with Gasteiger partial charge in [0.2, 0.25) is 0 Å². The minimum Gasteiger partial charge on any atom is -0.462 e. The number of carbonyl (C=O) groups excluding carboxylic acids is 1. The Bertz CT molecular complexity index is 2160. The van der Waals surface area contributed by atoms with Crippen molar-refractivity contribution in [3.05, 3.63) is 179 Å². The van der Waals surface area contributed by atoms with Gasteiger partial charge in [-0.1, -0.05) is 152 Å². The summed E-state index contributed by atoms with van der Waals surface area (Å²) < 4.78 is 73.5. The third-order valence-electron chi connectivity index (χ3n) is 11.6. The van der Waals surface area contributed by atoms with Crippen molar-refractivity contribution in [1.29, 1.82) is 0 Å². The van der Waals surface area contributed by atoms with E-state index in [0.717, 1.165) is 27.8 Å². The second kappa shape index (κ2) is 22.6. The molecule has 8 rings (SSSR count). The number of hydrogen-bond donors (Lipinski definition) is 0. The Morgan fingerprint density at radius 3 is 1.46 bits per heavy atom. The molecule has 3 heterocycles. The first-order valence-corrected chi connectivity index (χ1v) is 22.3. The molecule has 0 aromatic heterocycles. The smallest absolute Gasteiger partial charge is 0.311 e. The number of benzene rings is 5. The van der Waals surface area contributed by atoms with Gasteiger partial charge >= 0.3 is 5.97 Å². The fourth-order valence-corrected chi connectivity index (χ4v) is 8.13. The molecule has 0 bridgehead atoms. The average molecular weight is 889 g/mol. The van der Waals surface area contributed by atoms with Crippen molar-refractivity contribution in [2.75, 3.05) is 20.3 Å². The molecule has 0 spiro atoms. The van der Waals surface area contributed by atoms with Gasteiger partial charge in [-0.15, -0.1) is 0 Å². The molecule has 0 aliphatic carbocycles. The molecule has 0 saturated carbocycles. The Balaban J connectivity index is 1.17. The maximum absolute atomic E-state index is 13.4. The highest BCUT2D eigenvalue weighted by Gasteiger charge is 2.56. The van der Waals surface area contributed by atoms with Crippen LogP contribution in [0.25, 0.3) is 0 Å². The van der Waals surface area contributed by atoms with Gasteiger partial charge in [0.05, 0.1) is 38.4 Å². The summed E-state index contributed by atoms with van der Waals surface area (Å²) >= 11 is 0. The van der Waals surface area contributed by atoms with Crippen LogP contribution in [0.3, 0.4) is 0 Å². The molecule has 65 heavy (non-hydrogen) atoms. The first kappa shape index (κ1) is 46.7. The lowest BCUT2D eigenvalue weighted by atomic mass is 9.95. The fraction of sp³-hybridized carbons (Fsp3) is 0.415. The van der Waals surface area contributed by atoms with Crippen molar-refractivity contribution in [2.45, 2.75) is 115 Å². The van der Waals surface area contributed by atoms with Gasteiger partial charge in [-0.2, -0.15) is 0 Å². The maximum Gasteiger partial charge on any atom is 0.311 e. The van der Waals surface area contributed by atoms with E-state index in [4.69, 9.17) is 52.1 Å². The predicted octanol–water partition coefficient (Wildman–Crippen LogP) is 8.51. The lowest BCUT2D eigenvalue weighted by Gasteiger charge is -2.51. The zero-order valence-electron chi connectivity index (χ0n) is 37.4. The topological polar surface area (TPSA) is 119 Å². The summed E-state index contributed by atoms with van der Waals surface area (Å²) in [6.45, 7) is 6.32. The van der Waals surface area contributed by atoms with Gasteiger partial charge in [0.25, 0.3) is 0 Å². The molecule has 0 amide bonds. The summed E-state index contributed by atoms with van der Waals surface area (Å²) in [6, 6.07) is 49.3. The van der Waals surface area contributed by atoms with Crippen LogP contribution < -0.4 is 0 Å². The third-order valence-corrected chi connectivity index (χ3v) is 11.6. The Labute approximate surface area is 381 Å². The Morgan fingerprint density at radius 1 is 0.538 bits per heavy atom. The molecule has 344 valence electrons. The second-order valence-corrected chi connectivity index (χ2v) is 17.5. The summed E-state index contributed by atoms with van der Waals surface area (Å²) in [7, 11) is 1.55. The zero-order valence-corrected chi connectivity index (χ0v) is 37.4. The third kappa shape index (κ3) is 12.3. The van der Waals surface area contributed by atoms with Gasteiger partial charge in [0, 0.05) is 12.7 Å². The van der Waals surface area contributed by atoms with Crippen molar-refractivity contribution >= 4 is 5.97 Å². The van der Waals surface area contributed by atoms with E-state index in [9.17, 15) is 4.79 Å².